The summed E-state index contributed by atoms with van der Waals surface area (Å²) in [4.78, 5) is 246. The molecule has 0 aromatic rings. The molecule has 664 valence electrons. The van der Waals surface area contributed by atoms with Gasteiger partial charge < -0.3 is 124 Å². The molecule has 0 aliphatic carbocycles. The van der Waals surface area contributed by atoms with Crippen LogP contribution in [-0.4, -0.2) is 302 Å². The number of hydrogen-bond donors (Lipinski definition) is 25. The van der Waals surface area contributed by atoms with Crippen molar-refractivity contribution in [1.29, 1.82) is 0 Å². The van der Waals surface area contributed by atoms with Crippen molar-refractivity contribution in [3.63, 3.8) is 0 Å². The maximum Gasteiger partial charge on any atom is 0.355 e. The quantitative estimate of drug-likeness (QED) is 0.0734. The highest BCUT2D eigenvalue weighted by Gasteiger charge is 2.62. The Bertz CT molecular complexity index is 3180. The van der Waals surface area contributed by atoms with E-state index in [2.05, 4.69) is 0 Å². The molecule has 5 fully saturated rings. The van der Waals surface area contributed by atoms with Crippen LogP contribution in [0.2, 0.25) is 0 Å². The number of hydroxylamine groups is 10. The largest absolute Gasteiger partial charge is 0.355 e. The Hall–Kier alpha value is -0.670. The Labute approximate surface area is 647 Å². The summed E-state index contributed by atoms with van der Waals surface area (Å²) in [7, 11) is -66.1. The molecule has 25 N–H and O–H groups in total. The molecular formula is C54H118N8O40P10. The van der Waals surface area contributed by atoms with Gasteiger partial charge in [-0.15, -0.1) is 0 Å². The number of ketones is 5. The minimum atomic E-state index is -6.63. The van der Waals surface area contributed by atoms with Gasteiger partial charge in [0.15, 0.2) is 0 Å². The molecule has 0 unspecified atom stereocenters. The third kappa shape index (κ3) is 32.3. The van der Waals surface area contributed by atoms with Gasteiger partial charge in [-0.25, -0.2) is 0 Å². The van der Waals surface area contributed by atoms with E-state index in [9.17, 15) is 194 Å². The SMILES string of the molecule is CC1(C)CC(=O)CC(C)(C)N1O.CC1(C)CC(=O)CC(C)(C)N1O.CC1(C)CC(=O)CC(C)(C)N1O.CC1(C)CC(=O)CC(C)(C)N1O.CC1(C)CC(=O)CC(C)(C)N1O.O=P(O)(O)C(N(CCN(C(P(=O)(O)O)P(=O)(O)O)C(P(=O)(O)O)P(=O)(O)O)CCN(C(P(=O)(O)O)P(=O)(O)O)C(P(=O)(O)O)P(=O)(O)O)P(=O)(O)O. The van der Waals surface area contributed by atoms with Crippen LogP contribution in [0, 0.1) is 0 Å². The highest BCUT2D eigenvalue weighted by atomic mass is 31.3. The maximum atomic E-state index is 12.3. The van der Waals surface area contributed by atoms with E-state index in [1.165, 1.54) is 25.3 Å². The molecule has 5 saturated heterocycles. The van der Waals surface area contributed by atoms with E-state index in [1.807, 2.05) is 138 Å². The van der Waals surface area contributed by atoms with Crippen molar-refractivity contribution < 1.29 is 194 Å². The van der Waals surface area contributed by atoms with Crippen molar-refractivity contribution in [3.05, 3.63) is 0 Å². The molecular weight excluding hydrogens is 1710 g/mol. The summed E-state index contributed by atoms with van der Waals surface area (Å²) in [5, 5.41) is 55.4. The van der Waals surface area contributed by atoms with Crippen LogP contribution in [0.4, 0.5) is 0 Å². The van der Waals surface area contributed by atoms with Crippen LogP contribution in [0.5, 0.6) is 0 Å². The van der Waals surface area contributed by atoms with Crippen LogP contribution < -0.4 is 0 Å². The molecule has 112 heavy (non-hydrogen) atoms. The Morgan fingerprint density at radius 1 is 0.223 bits per heavy atom. The number of Topliss-reactive ketones (excluding diaryl/α,β-unsaturated/α-hetero) is 5. The van der Waals surface area contributed by atoms with Gasteiger partial charge in [0, 0.05) is 146 Å². The van der Waals surface area contributed by atoms with Gasteiger partial charge in [0.25, 0.3) is 0 Å². The minimum Gasteiger partial charge on any atom is -0.323 e. The Morgan fingerprint density at radius 3 is 0.411 bits per heavy atom. The summed E-state index contributed by atoms with van der Waals surface area (Å²) in [5.74, 6) is 1.16. The molecule has 0 aromatic carbocycles. The highest BCUT2D eigenvalue weighted by Crippen LogP contribution is 2.71. The maximum absolute atomic E-state index is 12.3. The third-order valence-corrected chi connectivity index (χ3v) is 35.9. The van der Waals surface area contributed by atoms with E-state index in [0.717, 1.165) is 0 Å². The second-order valence-corrected chi connectivity index (χ2v) is 53.0. The molecule has 48 nitrogen and oxygen atoms in total. The molecule has 0 saturated carbocycles. The standard InChI is InChI=1S/C9H33N3O30P10.5C9H17NO2/c13-43(14,15)5(44(16,17)18)10(1-3-11(6(45(19,20)21)46(22,23)24)7(47(25,26)27)48(28,29)30)2-4-12(8(49(31,32)33)50(34,35)36)9(51(37,38)39)52(40,41)42;5*1-8(2)5-7(11)6-9(3,4)10(8)12/h5-9H,1-4H2,(H2,13,14,15)(H2,16,17,18)(H2,19,20,21)(H2,22,23,24)(H2,25,26,27)(H2,28,29,30)(H2,31,32,33)(H2,34,35,36)(H2,37,38,39)(H2,40,41,42);5*12H,5-6H2,1-4H3. The average molecular weight is 1830 g/mol. The van der Waals surface area contributed by atoms with Gasteiger partial charge >= 0.3 is 76.0 Å². The lowest BCUT2D eigenvalue weighted by molar-refractivity contribution is -0.237. The van der Waals surface area contributed by atoms with Crippen LogP contribution in [-0.2, 0) is 69.6 Å². The predicted octanol–water partition coefficient (Wildman–Crippen LogP) is 3.08. The fraction of sp³-hybridized carbons (Fsp3) is 0.907. The monoisotopic (exact) mass is 1830 g/mol. The molecule has 0 amide bonds. The van der Waals surface area contributed by atoms with E-state index >= 15 is 0 Å². The summed E-state index contributed by atoms with van der Waals surface area (Å²) >= 11 is 0. The van der Waals surface area contributed by atoms with Crippen molar-refractivity contribution in [2.24, 2.45) is 0 Å². The van der Waals surface area contributed by atoms with Crippen molar-refractivity contribution in [2.45, 2.75) is 286 Å². The number of piperidine rings is 5. The van der Waals surface area contributed by atoms with Gasteiger partial charge in [0.1, 0.15) is 28.9 Å². The number of rotatable bonds is 21. The lowest BCUT2D eigenvalue weighted by atomic mass is 9.81. The van der Waals surface area contributed by atoms with Crippen LogP contribution in [0.15, 0.2) is 0 Å². The first-order valence-corrected chi connectivity index (χ1v) is 50.1. The predicted molar refractivity (Wildman–Crippen MR) is 394 cm³/mol. The molecule has 0 bridgehead atoms. The fourth-order valence-corrected chi connectivity index (χ4v) is 29.5. The van der Waals surface area contributed by atoms with Crippen molar-refractivity contribution in [3.8, 4) is 0 Å². The van der Waals surface area contributed by atoms with Crippen LogP contribution in [0.3, 0.4) is 0 Å². The Morgan fingerprint density at radius 2 is 0.321 bits per heavy atom. The van der Waals surface area contributed by atoms with Gasteiger partial charge in [-0.2, -0.15) is 25.3 Å². The van der Waals surface area contributed by atoms with E-state index in [0.29, 0.717) is 64.2 Å². The second-order valence-electron chi connectivity index (χ2n) is 34.3. The molecule has 58 heteroatoms. The molecule has 0 atom stereocenters. The Balaban J connectivity index is 0.00000161. The Kier molecular flexibility index (Phi) is 37.4. The zero-order valence-corrected chi connectivity index (χ0v) is 74.6. The van der Waals surface area contributed by atoms with Crippen molar-refractivity contribution in [2.75, 3.05) is 26.2 Å². The molecule has 0 spiro atoms. The van der Waals surface area contributed by atoms with Crippen LogP contribution in [0.25, 0.3) is 0 Å². The topological polar surface area (TPSA) is 788 Å². The molecule has 5 aliphatic rings. The smallest absolute Gasteiger partial charge is 0.323 e. The molecule has 5 aliphatic heterocycles. The van der Waals surface area contributed by atoms with Crippen molar-refractivity contribution >= 4 is 105 Å². The van der Waals surface area contributed by atoms with E-state index in [-0.39, 0.29) is 28.9 Å². The average Bonchev–Trinajstić information content (AvgIpc) is 0.753. The first kappa shape index (κ1) is 111. The first-order chi connectivity index (χ1) is 48.5. The molecule has 0 aromatic heterocycles. The normalized spacial score (nSPS) is 22.8. The van der Waals surface area contributed by atoms with Crippen LogP contribution >= 0.6 is 76.0 Å². The number of hydrogen-bond acceptors (Lipinski definition) is 28. The van der Waals surface area contributed by atoms with Gasteiger partial charge in [0.2, 0.25) is 27.6 Å². The third-order valence-electron chi connectivity index (χ3n) is 17.8. The zero-order valence-electron chi connectivity index (χ0n) is 65.6. The molecule has 5 heterocycles. The van der Waals surface area contributed by atoms with E-state index in [1.54, 1.807) is 0 Å². The summed E-state index contributed by atoms with van der Waals surface area (Å²) in [5.41, 5.74) is -24.1. The van der Waals surface area contributed by atoms with Gasteiger partial charge in [-0.1, -0.05) is 0 Å². The van der Waals surface area contributed by atoms with E-state index < -0.39 is 200 Å². The van der Waals surface area contributed by atoms with Gasteiger partial charge in [-0.05, 0) is 138 Å². The first-order valence-electron chi connectivity index (χ1n) is 33.3. The van der Waals surface area contributed by atoms with Gasteiger partial charge in [-0.3, -0.25) is 84.3 Å². The minimum absolute atomic E-state index is 0.232. The van der Waals surface area contributed by atoms with Gasteiger partial charge in [0.05, 0.1) is 0 Å². The van der Waals surface area contributed by atoms with Crippen LogP contribution in [0.1, 0.15) is 203 Å². The highest BCUT2D eigenvalue weighted by molar-refractivity contribution is 7.73. The summed E-state index contributed by atoms with van der Waals surface area (Å²) < 4.78 is 121. The second kappa shape index (κ2) is 37.6. The van der Waals surface area contributed by atoms with Crippen molar-refractivity contribution in [1.82, 2.24) is 40.0 Å². The number of carbonyl (C=O) groups is 5. The molecule has 5 rings (SSSR count). The number of carbonyl (C=O) groups excluding carboxylic acids is 5. The lowest BCUT2D eigenvalue weighted by Gasteiger charge is -2.47. The molecule has 0 radical (unpaired) electrons. The fourth-order valence-electron chi connectivity index (χ4n) is 14.5. The number of nitrogens with zero attached hydrogens (tertiary/aromatic N) is 8. The summed E-state index contributed by atoms with van der Waals surface area (Å²) in [6.07, 6.45) is 4.37. The lowest BCUT2D eigenvalue weighted by Crippen LogP contribution is -2.59. The zero-order chi connectivity index (χ0) is 90.3. The summed E-state index contributed by atoms with van der Waals surface area (Å²) in [6.45, 7) is 29.0. The van der Waals surface area contributed by atoms with E-state index in [4.69, 9.17) is 0 Å². The summed E-state index contributed by atoms with van der Waals surface area (Å²) in [6, 6.07) is 0.